The summed E-state index contributed by atoms with van der Waals surface area (Å²) >= 11 is 1.40. The van der Waals surface area contributed by atoms with Gasteiger partial charge in [0.15, 0.2) is 5.13 Å². The van der Waals surface area contributed by atoms with Crippen LogP contribution in [0.2, 0.25) is 0 Å². The van der Waals surface area contributed by atoms with Crippen molar-refractivity contribution >= 4 is 34.0 Å². The molecule has 0 bridgehead atoms. The molecule has 0 aliphatic heterocycles. The van der Waals surface area contributed by atoms with Crippen LogP contribution in [-0.4, -0.2) is 25.8 Å². The van der Waals surface area contributed by atoms with Gasteiger partial charge in [0.05, 0.1) is 24.0 Å². The van der Waals surface area contributed by atoms with E-state index >= 15 is 0 Å². The summed E-state index contributed by atoms with van der Waals surface area (Å²) in [6, 6.07) is 5.28. The quantitative estimate of drug-likeness (QED) is 0.750. The molecule has 0 atom stereocenters. The van der Waals surface area contributed by atoms with Gasteiger partial charge in [-0.1, -0.05) is 0 Å². The maximum atomic E-state index is 11.9. The lowest BCUT2D eigenvalue weighted by Crippen LogP contribution is -2.14. The van der Waals surface area contributed by atoms with Crippen LogP contribution in [0.5, 0.6) is 0 Å². The third-order valence-electron chi connectivity index (χ3n) is 2.62. The molecule has 22 heavy (non-hydrogen) atoms. The number of rotatable bonds is 5. The summed E-state index contributed by atoms with van der Waals surface area (Å²) in [6.07, 6.45) is 6.73. The van der Waals surface area contributed by atoms with Gasteiger partial charge in [-0.3, -0.25) is 9.78 Å². The fraction of sp³-hybridized carbons (Fsp3) is 0.0714. The predicted octanol–water partition coefficient (Wildman–Crippen LogP) is 2.25. The van der Waals surface area contributed by atoms with Gasteiger partial charge >= 0.3 is 0 Å². The van der Waals surface area contributed by atoms with Crippen molar-refractivity contribution in [2.24, 2.45) is 0 Å². The highest BCUT2D eigenvalue weighted by atomic mass is 32.1. The van der Waals surface area contributed by atoms with E-state index in [1.165, 1.54) is 11.3 Å². The zero-order valence-electron chi connectivity index (χ0n) is 11.4. The number of aromatic nitrogens is 4. The highest BCUT2D eigenvalue weighted by Crippen LogP contribution is 2.19. The van der Waals surface area contributed by atoms with Crippen LogP contribution in [0.25, 0.3) is 0 Å². The number of carbonyl (C=O) groups excluding carboxylic acids is 1. The molecule has 1 amide bonds. The van der Waals surface area contributed by atoms with E-state index in [0.717, 1.165) is 0 Å². The predicted molar refractivity (Wildman–Crippen MR) is 84.0 cm³/mol. The molecule has 0 aliphatic rings. The second-order valence-corrected chi connectivity index (χ2v) is 5.17. The van der Waals surface area contributed by atoms with Gasteiger partial charge in [0.25, 0.3) is 0 Å². The lowest BCUT2D eigenvalue weighted by atomic mass is 10.3. The number of hydrogen-bond acceptors (Lipinski definition) is 7. The van der Waals surface area contributed by atoms with E-state index < -0.39 is 0 Å². The number of anilines is 3. The van der Waals surface area contributed by atoms with Gasteiger partial charge in [-0.05, 0) is 18.2 Å². The number of hydrogen-bond donors (Lipinski definition) is 2. The van der Waals surface area contributed by atoms with Crippen molar-refractivity contribution < 1.29 is 4.79 Å². The van der Waals surface area contributed by atoms with Crippen molar-refractivity contribution in [1.82, 2.24) is 19.9 Å². The van der Waals surface area contributed by atoms with Gasteiger partial charge in [-0.2, -0.15) is 0 Å². The Bertz CT molecular complexity index is 746. The van der Waals surface area contributed by atoms with Gasteiger partial charge in [0.1, 0.15) is 0 Å². The molecule has 3 heterocycles. The Kier molecular flexibility index (Phi) is 4.30. The van der Waals surface area contributed by atoms with Crippen molar-refractivity contribution in [3.63, 3.8) is 0 Å². The van der Waals surface area contributed by atoms with Crippen LogP contribution >= 0.6 is 11.3 Å². The van der Waals surface area contributed by atoms with E-state index in [2.05, 4.69) is 30.6 Å². The minimum atomic E-state index is -0.138. The van der Waals surface area contributed by atoms with Crippen LogP contribution in [0.1, 0.15) is 5.69 Å². The van der Waals surface area contributed by atoms with Crippen LogP contribution in [0.3, 0.4) is 0 Å². The zero-order chi connectivity index (χ0) is 15.2. The Morgan fingerprint density at radius 1 is 1.18 bits per heavy atom. The molecule has 0 spiro atoms. The molecule has 8 heteroatoms. The van der Waals surface area contributed by atoms with Crippen molar-refractivity contribution in [2.45, 2.75) is 6.42 Å². The number of nitrogens with zero attached hydrogens (tertiary/aromatic N) is 4. The number of nitrogens with one attached hydrogen (secondary N) is 2. The molecule has 0 saturated carbocycles. The van der Waals surface area contributed by atoms with Crippen molar-refractivity contribution in [2.75, 3.05) is 10.6 Å². The maximum absolute atomic E-state index is 11.9. The molecule has 0 radical (unpaired) electrons. The molecular formula is C14H12N6OS. The fourth-order valence-electron chi connectivity index (χ4n) is 1.71. The molecule has 3 aromatic rings. The van der Waals surface area contributed by atoms with Crippen LogP contribution in [0.4, 0.5) is 16.8 Å². The van der Waals surface area contributed by atoms with Crippen molar-refractivity contribution in [1.29, 1.82) is 0 Å². The Morgan fingerprint density at radius 3 is 2.82 bits per heavy atom. The molecule has 0 saturated heterocycles. The smallest absolute Gasteiger partial charge is 0.230 e. The Balaban J connectivity index is 1.58. The summed E-state index contributed by atoms with van der Waals surface area (Å²) in [5, 5.41) is 8.23. The normalized spacial score (nSPS) is 10.2. The molecule has 0 aliphatic carbocycles. The van der Waals surface area contributed by atoms with E-state index in [0.29, 0.717) is 22.5 Å². The minimum absolute atomic E-state index is 0.138. The minimum Gasteiger partial charge on any atom is -0.324 e. The largest absolute Gasteiger partial charge is 0.324 e. The summed E-state index contributed by atoms with van der Waals surface area (Å²) in [5.74, 6) is 0.337. The number of pyridine rings is 1. The van der Waals surface area contributed by atoms with Crippen molar-refractivity contribution in [3.05, 3.63) is 54.1 Å². The van der Waals surface area contributed by atoms with Gasteiger partial charge in [-0.25, -0.2) is 15.0 Å². The topological polar surface area (TPSA) is 92.7 Å². The van der Waals surface area contributed by atoms with E-state index in [1.807, 2.05) is 5.38 Å². The van der Waals surface area contributed by atoms with E-state index in [9.17, 15) is 4.79 Å². The molecule has 0 aromatic carbocycles. The van der Waals surface area contributed by atoms with Crippen LogP contribution in [0.15, 0.2) is 48.4 Å². The fourth-order valence-corrected chi connectivity index (χ4v) is 2.42. The van der Waals surface area contributed by atoms with Crippen LogP contribution in [-0.2, 0) is 11.2 Å². The van der Waals surface area contributed by atoms with E-state index in [-0.39, 0.29) is 12.3 Å². The maximum Gasteiger partial charge on any atom is 0.230 e. The average molecular weight is 312 g/mol. The van der Waals surface area contributed by atoms with Gasteiger partial charge in [0, 0.05) is 24.0 Å². The van der Waals surface area contributed by atoms with E-state index in [1.54, 1.807) is 43.0 Å². The molecule has 0 fully saturated rings. The Hall–Kier alpha value is -2.87. The number of amides is 1. The second kappa shape index (κ2) is 6.72. The van der Waals surface area contributed by atoms with E-state index in [4.69, 9.17) is 0 Å². The summed E-state index contributed by atoms with van der Waals surface area (Å²) in [7, 11) is 0. The average Bonchev–Trinajstić information content (AvgIpc) is 2.96. The first kappa shape index (κ1) is 14.1. The molecule has 110 valence electrons. The van der Waals surface area contributed by atoms with Gasteiger partial charge in [0.2, 0.25) is 11.9 Å². The SMILES string of the molecule is O=C(Cc1csc(Nc2ncccn2)n1)Nc1cccnc1. The molecule has 2 N–H and O–H groups in total. The van der Waals surface area contributed by atoms with Crippen LogP contribution in [0, 0.1) is 0 Å². The number of thiazole rings is 1. The molecule has 7 nitrogen and oxygen atoms in total. The number of carbonyl (C=O) groups is 1. The van der Waals surface area contributed by atoms with Gasteiger partial charge < -0.3 is 10.6 Å². The lowest BCUT2D eigenvalue weighted by Gasteiger charge is -2.02. The third kappa shape index (κ3) is 3.83. The molecule has 0 unspecified atom stereocenters. The summed E-state index contributed by atoms with van der Waals surface area (Å²) < 4.78 is 0. The first-order valence-corrected chi connectivity index (χ1v) is 7.36. The van der Waals surface area contributed by atoms with Crippen molar-refractivity contribution in [3.8, 4) is 0 Å². The monoisotopic (exact) mass is 312 g/mol. The Labute approximate surface area is 130 Å². The molecular weight excluding hydrogens is 300 g/mol. The molecule has 3 rings (SSSR count). The summed E-state index contributed by atoms with van der Waals surface area (Å²) in [4.78, 5) is 28.3. The lowest BCUT2D eigenvalue weighted by molar-refractivity contribution is -0.115. The summed E-state index contributed by atoms with van der Waals surface area (Å²) in [5.41, 5.74) is 1.35. The highest BCUT2D eigenvalue weighted by molar-refractivity contribution is 7.13. The second-order valence-electron chi connectivity index (χ2n) is 4.31. The highest BCUT2D eigenvalue weighted by Gasteiger charge is 2.09. The standard InChI is InChI=1S/C14H12N6OS/c21-12(18-10-3-1-4-15-8-10)7-11-9-22-14(19-11)20-13-16-5-2-6-17-13/h1-6,8-9H,7H2,(H,18,21)(H,16,17,19,20). The first-order valence-electron chi connectivity index (χ1n) is 6.48. The summed E-state index contributed by atoms with van der Waals surface area (Å²) in [6.45, 7) is 0. The Morgan fingerprint density at radius 2 is 2.05 bits per heavy atom. The van der Waals surface area contributed by atoms with Gasteiger partial charge in [-0.15, -0.1) is 11.3 Å². The molecule has 3 aromatic heterocycles. The first-order chi connectivity index (χ1) is 10.8. The third-order valence-corrected chi connectivity index (χ3v) is 3.43. The van der Waals surface area contributed by atoms with Crippen LogP contribution < -0.4 is 10.6 Å². The zero-order valence-corrected chi connectivity index (χ0v) is 12.2.